The molecule has 1 fully saturated rings. The zero-order chi connectivity index (χ0) is 14.8. The van der Waals surface area contributed by atoms with Crippen molar-refractivity contribution in [3.05, 3.63) is 35.9 Å². The van der Waals surface area contributed by atoms with E-state index in [0.29, 0.717) is 6.04 Å². The quantitative estimate of drug-likeness (QED) is 0.903. The Morgan fingerprint density at radius 1 is 1.30 bits per heavy atom. The van der Waals surface area contributed by atoms with Gasteiger partial charge in [0.2, 0.25) is 0 Å². The first kappa shape index (κ1) is 14.9. The molecule has 1 saturated heterocycles. The van der Waals surface area contributed by atoms with E-state index in [1.165, 1.54) is 5.56 Å². The summed E-state index contributed by atoms with van der Waals surface area (Å²) in [6.07, 6.45) is 0.665. The Kier molecular flexibility index (Phi) is 4.33. The van der Waals surface area contributed by atoms with Crippen LogP contribution in [0, 0.1) is 0 Å². The molecule has 2 rings (SSSR count). The molecule has 4 heteroatoms. The van der Waals surface area contributed by atoms with Crippen molar-refractivity contribution in [2.24, 2.45) is 0 Å². The van der Waals surface area contributed by atoms with Gasteiger partial charge in [-0.2, -0.15) is 0 Å². The van der Waals surface area contributed by atoms with E-state index < -0.39 is 5.60 Å². The maximum Gasteiger partial charge on any atom is 0.410 e. The van der Waals surface area contributed by atoms with Gasteiger partial charge in [-0.05, 0) is 32.8 Å². The molecule has 1 heterocycles. The van der Waals surface area contributed by atoms with Gasteiger partial charge >= 0.3 is 6.09 Å². The average Bonchev–Trinajstić information content (AvgIpc) is 2.86. The lowest BCUT2D eigenvalue weighted by Gasteiger charge is -2.28. The molecule has 1 aliphatic heterocycles. The van der Waals surface area contributed by atoms with Crippen LogP contribution in [0.4, 0.5) is 4.79 Å². The minimum atomic E-state index is -0.448. The molecule has 2 unspecified atom stereocenters. The molecule has 110 valence electrons. The summed E-state index contributed by atoms with van der Waals surface area (Å²) in [5.74, 6) is 0. The van der Waals surface area contributed by atoms with Crippen molar-refractivity contribution in [3.63, 3.8) is 0 Å². The molecular weight excluding hydrogens is 252 g/mol. The Bertz CT molecular complexity index is 453. The van der Waals surface area contributed by atoms with Crippen molar-refractivity contribution in [3.8, 4) is 0 Å². The first-order valence-corrected chi connectivity index (χ1v) is 7.11. The van der Waals surface area contributed by atoms with Gasteiger partial charge in [-0.3, -0.25) is 0 Å². The second-order valence-corrected chi connectivity index (χ2v) is 6.35. The van der Waals surface area contributed by atoms with Gasteiger partial charge in [0.15, 0.2) is 0 Å². The first-order chi connectivity index (χ1) is 9.37. The van der Waals surface area contributed by atoms with Crippen LogP contribution in [0.15, 0.2) is 30.3 Å². The van der Waals surface area contributed by atoms with Crippen LogP contribution in [-0.4, -0.2) is 36.2 Å². The van der Waals surface area contributed by atoms with Crippen molar-refractivity contribution in [2.45, 2.75) is 44.9 Å². The fraction of sp³-hybridized carbons (Fsp3) is 0.562. The van der Waals surface area contributed by atoms with E-state index >= 15 is 0 Å². The van der Waals surface area contributed by atoms with Crippen LogP contribution in [0.25, 0.3) is 0 Å². The lowest BCUT2D eigenvalue weighted by atomic mass is 10.0. The molecule has 0 saturated carbocycles. The second-order valence-electron chi connectivity index (χ2n) is 6.35. The topological polar surface area (TPSA) is 41.6 Å². The SMILES string of the molecule is CN(C(=O)OC(C)(C)C)C1CNC(c2ccccc2)C1. The molecule has 2 atom stereocenters. The maximum absolute atomic E-state index is 12.1. The maximum atomic E-state index is 12.1. The van der Waals surface area contributed by atoms with Crippen molar-refractivity contribution in [1.82, 2.24) is 10.2 Å². The number of carbonyl (C=O) groups is 1. The Morgan fingerprint density at radius 2 is 1.95 bits per heavy atom. The number of ether oxygens (including phenoxy) is 1. The van der Waals surface area contributed by atoms with E-state index in [2.05, 4.69) is 17.4 Å². The van der Waals surface area contributed by atoms with Crippen molar-refractivity contribution < 1.29 is 9.53 Å². The Labute approximate surface area is 121 Å². The molecule has 0 aliphatic carbocycles. The number of likely N-dealkylation sites (N-methyl/N-ethyl adjacent to an activating group) is 1. The molecule has 0 spiro atoms. The van der Waals surface area contributed by atoms with Gasteiger partial charge in [0.05, 0.1) is 0 Å². The molecular formula is C16H24N2O2. The van der Waals surface area contributed by atoms with E-state index in [9.17, 15) is 4.79 Å². The van der Waals surface area contributed by atoms with E-state index in [1.807, 2.05) is 46.0 Å². The van der Waals surface area contributed by atoms with Crippen LogP contribution in [0.3, 0.4) is 0 Å². The highest BCUT2D eigenvalue weighted by Crippen LogP contribution is 2.26. The highest BCUT2D eigenvalue weighted by atomic mass is 16.6. The minimum Gasteiger partial charge on any atom is -0.444 e. The number of benzene rings is 1. The van der Waals surface area contributed by atoms with E-state index in [0.717, 1.165) is 13.0 Å². The number of hydrogen-bond acceptors (Lipinski definition) is 3. The van der Waals surface area contributed by atoms with Gasteiger partial charge in [0.25, 0.3) is 0 Å². The third-order valence-corrected chi connectivity index (χ3v) is 3.54. The second kappa shape index (κ2) is 5.83. The van der Waals surface area contributed by atoms with Gasteiger partial charge in [-0.15, -0.1) is 0 Å². The van der Waals surface area contributed by atoms with Crippen molar-refractivity contribution in [1.29, 1.82) is 0 Å². The summed E-state index contributed by atoms with van der Waals surface area (Å²) >= 11 is 0. The Hall–Kier alpha value is -1.55. The molecule has 1 N–H and O–H groups in total. The van der Waals surface area contributed by atoms with Gasteiger partial charge in [0.1, 0.15) is 5.60 Å². The molecule has 0 aromatic heterocycles. The third-order valence-electron chi connectivity index (χ3n) is 3.54. The molecule has 4 nitrogen and oxygen atoms in total. The van der Waals surface area contributed by atoms with E-state index in [-0.39, 0.29) is 12.1 Å². The largest absolute Gasteiger partial charge is 0.444 e. The summed E-state index contributed by atoms with van der Waals surface area (Å²) in [7, 11) is 1.81. The van der Waals surface area contributed by atoms with Gasteiger partial charge < -0.3 is 15.0 Å². The molecule has 0 bridgehead atoms. The normalized spacial score (nSPS) is 22.6. The zero-order valence-corrected chi connectivity index (χ0v) is 12.7. The molecule has 1 amide bonds. The molecule has 1 aliphatic rings. The first-order valence-electron chi connectivity index (χ1n) is 7.11. The summed E-state index contributed by atoms with van der Waals surface area (Å²) in [4.78, 5) is 13.8. The molecule has 1 aromatic carbocycles. The fourth-order valence-electron chi connectivity index (χ4n) is 2.43. The summed E-state index contributed by atoms with van der Waals surface area (Å²) in [5, 5.41) is 3.47. The number of hydrogen-bond donors (Lipinski definition) is 1. The number of rotatable bonds is 2. The van der Waals surface area contributed by atoms with Crippen molar-refractivity contribution in [2.75, 3.05) is 13.6 Å². The lowest BCUT2D eigenvalue weighted by Crippen LogP contribution is -2.41. The predicted molar refractivity (Wildman–Crippen MR) is 79.6 cm³/mol. The summed E-state index contributed by atoms with van der Waals surface area (Å²) in [5.41, 5.74) is 0.823. The lowest BCUT2D eigenvalue weighted by molar-refractivity contribution is 0.0235. The monoisotopic (exact) mass is 276 g/mol. The van der Waals surface area contributed by atoms with Crippen LogP contribution < -0.4 is 5.32 Å². The van der Waals surface area contributed by atoms with Gasteiger partial charge in [-0.1, -0.05) is 30.3 Å². The number of carbonyl (C=O) groups excluding carboxylic acids is 1. The Balaban J connectivity index is 1.94. The van der Waals surface area contributed by atoms with Gasteiger partial charge in [-0.25, -0.2) is 4.79 Å². The van der Waals surface area contributed by atoms with Crippen molar-refractivity contribution >= 4 is 6.09 Å². The van der Waals surface area contributed by atoms with Crippen LogP contribution >= 0.6 is 0 Å². The Morgan fingerprint density at radius 3 is 2.55 bits per heavy atom. The number of amides is 1. The fourth-order valence-corrected chi connectivity index (χ4v) is 2.43. The number of nitrogens with one attached hydrogen (secondary N) is 1. The van der Waals surface area contributed by atoms with Crippen LogP contribution in [0.1, 0.15) is 38.8 Å². The molecule has 1 aromatic rings. The average molecular weight is 276 g/mol. The number of nitrogens with zero attached hydrogens (tertiary/aromatic N) is 1. The summed E-state index contributed by atoms with van der Waals surface area (Å²) in [6.45, 7) is 6.46. The summed E-state index contributed by atoms with van der Waals surface area (Å²) in [6, 6.07) is 10.8. The minimum absolute atomic E-state index is 0.176. The molecule has 0 radical (unpaired) electrons. The van der Waals surface area contributed by atoms with E-state index in [4.69, 9.17) is 4.74 Å². The zero-order valence-electron chi connectivity index (χ0n) is 12.7. The molecule has 20 heavy (non-hydrogen) atoms. The predicted octanol–water partition coefficient (Wildman–Crippen LogP) is 2.96. The van der Waals surface area contributed by atoms with Gasteiger partial charge in [0, 0.05) is 25.7 Å². The summed E-state index contributed by atoms with van der Waals surface area (Å²) < 4.78 is 5.41. The van der Waals surface area contributed by atoms with Crippen LogP contribution in [0.5, 0.6) is 0 Å². The smallest absolute Gasteiger partial charge is 0.410 e. The van der Waals surface area contributed by atoms with E-state index in [1.54, 1.807) is 4.90 Å². The van der Waals surface area contributed by atoms with Crippen LogP contribution in [0.2, 0.25) is 0 Å². The highest BCUT2D eigenvalue weighted by molar-refractivity contribution is 5.68. The highest BCUT2D eigenvalue weighted by Gasteiger charge is 2.32. The standard InChI is InChI=1S/C16H24N2O2/c1-16(2,3)20-15(19)18(4)13-10-14(17-11-13)12-8-6-5-7-9-12/h5-9,13-14,17H,10-11H2,1-4H3. The van der Waals surface area contributed by atoms with Crippen LogP contribution in [-0.2, 0) is 4.74 Å². The third kappa shape index (κ3) is 3.73.